The first-order valence-electron chi connectivity index (χ1n) is 8.36. The van der Waals surface area contributed by atoms with Crippen LogP contribution in [0.25, 0.3) is 0 Å². The zero-order valence-corrected chi connectivity index (χ0v) is 14.2. The predicted octanol–water partition coefficient (Wildman–Crippen LogP) is 1.88. The topological polar surface area (TPSA) is 76.7 Å². The molecule has 1 saturated heterocycles. The number of ether oxygens (including phenoxy) is 2. The van der Waals surface area contributed by atoms with Crippen LogP contribution in [0.2, 0.25) is 0 Å². The second-order valence-electron chi connectivity index (χ2n) is 6.70. The third-order valence-corrected chi connectivity index (χ3v) is 5.15. The fourth-order valence-corrected chi connectivity index (χ4v) is 3.48. The van der Waals surface area contributed by atoms with Crippen molar-refractivity contribution in [2.45, 2.75) is 26.2 Å². The quantitative estimate of drug-likeness (QED) is 0.805. The van der Waals surface area contributed by atoms with E-state index in [0.29, 0.717) is 5.75 Å². The number of nitrogens with one attached hydrogen (secondary N) is 2. The van der Waals surface area contributed by atoms with Crippen molar-refractivity contribution in [3.63, 3.8) is 0 Å². The lowest BCUT2D eigenvalue weighted by molar-refractivity contribution is -0.142. The van der Waals surface area contributed by atoms with Crippen LogP contribution in [-0.2, 0) is 14.3 Å². The summed E-state index contributed by atoms with van der Waals surface area (Å²) in [6.07, 6.45) is 3.18. The number of esters is 1. The maximum Gasteiger partial charge on any atom is 0.343 e. The summed E-state index contributed by atoms with van der Waals surface area (Å²) in [5, 5.41) is 6.39. The number of piperidine rings is 1. The van der Waals surface area contributed by atoms with E-state index in [0.717, 1.165) is 43.6 Å². The Morgan fingerprint density at radius 1 is 1.33 bits per heavy atom. The Labute approximate surface area is 141 Å². The van der Waals surface area contributed by atoms with Gasteiger partial charge >= 0.3 is 5.97 Å². The molecule has 1 amide bonds. The van der Waals surface area contributed by atoms with Crippen molar-refractivity contribution < 1.29 is 19.1 Å². The molecule has 6 nitrogen and oxygen atoms in total. The van der Waals surface area contributed by atoms with Gasteiger partial charge in [0.2, 0.25) is 5.91 Å². The summed E-state index contributed by atoms with van der Waals surface area (Å²) in [4.78, 5) is 23.6. The van der Waals surface area contributed by atoms with Crippen LogP contribution in [-0.4, -0.2) is 38.7 Å². The number of rotatable bonds is 5. The molecular formula is C18H24N2O4. The molecule has 6 heteroatoms. The van der Waals surface area contributed by atoms with Gasteiger partial charge in [0.1, 0.15) is 5.75 Å². The minimum atomic E-state index is -0.425. The number of anilines is 1. The summed E-state index contributed by atoms with van der Waals surface area (Å²) in [6.45, 7) is 3.80. The van der Waals surface area contributed by atoms with Crippen LogP contribution in [0.15, 0.2) is 18.2 Å². The second kappa shape index (κ2) is 6.81. The summed E-state index contributed by atoms with van der Waals surface area (Å²) < 4.78 is 9.90. The van der Waals surface area contributed by atoms with Crippen LogP contribution in [0.4, 0.5) is 5.69 Å². The molecule has 3 rings (SSSR count). The molecule has 1 saturated carbocycles. The molecule has 1 aliphatic heterocycles. The molecule has 24 heavy (non-hydrogen) atoms. The Hall–Kier alpha value is -2.08. The van der Waals surface area contributed by atoms with Crippen LogP contribution in [0.1, 0.15) is 24.8 Å². The number of hydrogen-bond acceptors (Lipinski definition) is 5. The molecule has 1 atom stereocenters. The molecule has 130 valence electrons. The van der Waals surface area contributed by atoms with E-state index >= 15 is 0 Å². The highest BCUT2D eigenvalue weighted by atomic mass is 16.6. The van der Waals surface area contributed by atoms with E-state index in [9.17, 15) is 9.59 Å². The third-order valence-electron chi connectivity index (χ3n) is 5.15. The van der Waals surface area contributed by atoms with E-state index in [2.05, 4.69) is 15.4 Å². The normalized spacial score (nSPS) is 21.2. The van der Waals surface area contributed by atoms with Crippen LogP contribution >= 0.6 is 0 Å². The summed E-state index contributed by atoms with van der Waals surface area (Å²) in [7, 11) is 1.32. The van der Waals surface area contributed by atoms with Gasteiger partial charge in [0.25, 0.3) is 0 Å². The van der Waals surface area contributed by atoms with E-state index in [1.165, 1.54) is 7.11 Å². The monoisotopic (exact) mass is 332 g/mol. The summed E-state index contributed by atoms with van der Waals surface area (Å²) in [5.74, 6) is 0.403. The second-order valence-corrected chi connectivity index (χ2v) is 6.70. The maximum absolute atomic E-state index is 12.5. The van der Waals surface area contributed by atoms with Crippen molar-refractivity contribution in [1.82, 2.24) is 5.32 Å². The van der Waals surface area contributed by atoms with Crippen molar-refractivity contribution in [2.75, 3.05) is 32.1 Å². The molecular weight excluding hydrogens is 308 g/mol. The molecule has 2 aliphatic rings. The van der Waals surface area contributed by atoms with E-state index < -0.39 is 5.97 Å². The first-order valence-corrected chi connectivity index (χ1v) is 8.36. The van der Waals surface area contributed by atoms with Crippen molar-refractivity contribution in [3.05, 3.63) is 23.8 Å². The van der Waals surface area contributed by atoms with Crippen LogP contribution < -0.4 is 15.4 Å². The average molecular weight is 332 g/mol. The standard InChI is InChI=1S/C18H24N2O4/c1-12-9-13(24-11-16(21)23-2)3-4-15(12)20-17(22)14-10-18(14)5-7-19-8-6-18/h3-4,9,14,19H,5-8,10-11H2,1-2H3,(H,20,22). The molecule has 2 fully saturated rings. The predicted molar refractivity (Wildman–Crippen MR) is 90.0 cm³/mol. The largest absolute Gasteiger partial charge is 0.482 e. The lowest BCUT2D eigenvalue weighted by Crippen LogP contribution is -2.31. The van der Waals surface area contributed by atoms with Gasteiger partial charge in [-0.05, 0) is 68.5 Å². The van der Waals surface area contributed by atoms with Crippen molar-refractivity contribution in [1.29, 1.82) is 0 Å². The van der Waals surface area contributed by atoms with Gasteiger partial charge in [-0.25, -0.2) is 4.79 Å². The highest BCUT2D eigenvalue weighted by Gasteiger charge is 2.57. The van der Waals surface area contributed by atoms with Gasteiger partial charge in [-0.15, -0.1) is 0 Å². The first kappa shape index (κ1) is 16.8. The minimum Gasteiger partial charge on any atom is -0.482 e. The lowest BCUT2D eigenvalue weighted by atomic mass is 9.91. The Balaban J connectivity index is 1.57. The van der Waals surface area contributed by atoms with E-state index in [-0.39, 0.29) is 23.8 Å². The van der Waals surface area contributed by atoms with Gasteiger partial charge in [-0.1, -0.05) is 0 Å². The van der Waals surface area contributed by atoms with Crippen LogP contribution in [0.5, 0.6) is 5.75 Å². The zero-order valence-electron chi connectivity index (χ0n) is 14.2. The highest BCUT2D eigenvalue weighted by molar-refractivity contribution is 5.95. The van der Waals surface area contributed by atoms with E-state index in [4.69, 9.17) is 4.74 Å². The molecule has 1 aromatic rings. The molecule has 0 bridgehead atoms. The molecule has 1 unspecified atom stereocenters. The smallest absolute Gasteiger partial charge is 0.343 e. The Kier molecular flexibility index (Phi) is 4.76. The summed E-state index contributed by atoms with van der Waals surface area (Å²) in [5.41, 5.74) is 1.93. The molecule has 1 heterocycles. The number of methoxy groups -OCH3 is 1. The number of hydrogen-bond donors (Lipinski definition) is 2. The lowest BCUT2D eigenvalue weighted by Gasteiger charge is -2.23. The fraction of sp³-hybridized carbons (Fsp3) is 0.556. The molecule has 1 aliphatic carbocycles. The number of amides is 1. The van der Waals surface area contributed by atoms with Gasteiger partial charge in [0.05, 0.1) is 7.11 Å². The Morgan fingerprint density at radius 3 is 2.75 bits per heavy atom. The fourth-order valence-electron chi connectivity index (χ4n) is 3.48. The van der Waals surface area contributed by atoms with Crippen molar-refractivity contribution in [3.8, 4) is 5.75 Å². The zero-order chi connectivity index (χ0) is 17.2. The number of benzene rings is 1. The molecule has 1 spiro atoms. The van der Waals surface area contributed by atoms with E-state index in [1.807, 2.05) is 19.1 Å². The Morgan fingerprint density at radius 2 is 2.08 bits per heavy atom. The van der Waals surface area contributed by atoms with Crippen LogP contribution in [0, 0.1) is 18.3 Å². The molecule has 2 N–H and O–H groups in total. The highest BCUT2D eigenvalue weighted by Crippen LogP contribution is 2.58. The van der Waals surface area contributed by atoms with Gasteiger partial charge in [0, 0.05) is 11.6 Å². The summed E-state index contributed by atoms with van der Waals surface area (Å²) in [6, 6.07) is 5.38. The summed E-state index contributed by atoms with van der Waals surface area (Å²) >= 11 is 0. The van der Waals surface area contributed by atoms with Gasteiger partial charge in [-0.3, -0.25) is 4.79 Å². The van der Waals surface area contributed by atoms with Gasteiger partial charge < -0.3 is 20.1 Å². The Bertz CT molecular complexity index is 638. The first-order chi connectivity index (χ1) is 11.5. The van der Waals surface area contributed by atoms with Gasteiger partial charge in [0.15, 0.2) is 6.61 Å². The molecule has 0 radical (unpaired) electrons. The van der Waals surface area contributed by atoms with Gasteiger partial charge in [-0.2, -0.15) is 0 Å². The van der Waals surface area contributed by atoms with Crippen LogP contribution in [0.3, 0.4) is 0 Å². The number of aryl methyl sites for hydroxylation is 1. The third kappa shape index (κ3) is 3.53. The van der Waals surface area contributed by atoms with Crippen molar-refractivity contribution >= 4 is 17.6 Å². The molecule has 1 aromatic carbocycles. The number of carbonyl (C=O) groups is 2. The van der Waals surface area contributed by atoms with E-state index in [1.54, 1.807) is 6.07 Å². The minimum absolute atomic E-state index is 0.114. The maximum atomic E-state index is 12.5. The SMILES string of the molecule is COC(=O)COc1ccc(NC(=O)C2CC23CCNCC3)c(C)c1. The average Bonchev–Trinajstić information content (AvgIpc) is 3.28. The van der Waals surface area contributed by atoms with Crippen molar-refractivity contribution in [2.24, 2.45) is 11.3 Å². The molecule has 0 aromatic heterocycles. The number of carbonyl (C=O) groups excluding carboxylic acids is 2.